The maximum Gasteiger partial charge on any atom is 0.225 e. The minimum Gasteiger partial charge on any atom is -0.445 e. The van der Waals surface area contributed by atoms with Crippen LogP contribution in [0.3, 0.4) is 0 Å². The predicted molar refractivity (Wildman–Crippen MR) is 66.4 cm³/mol. The fraction of sp³-hybridized carbons (Fsp3) is 0.357. The van der Waals surface area contributed by atoms with Crippen LogP contribution in [0.15, 0.2) is 41.1 Å². The summed E-state index contributed by atoms with van der Waals surface area (Å²) in [6.07, 6.45) is 7.72. The molecule has 17 heavy (non-hydrogen) atoms. The fourth-order valence-corrected chi connectivity index (χ4v) is 2.03. The van der Waals surface area contributed by atoms with Gasteiger partial charge in [-0.2, -0.15) is 0 Å². The highest BCUT2D eigenvalue weighted by molar-refractivity contribution is 5.54. The van der Waals surface area contributed by atoms with E-state index in [1.54, 1.807) is 12.5 Å². The molecule has 0 atom stereocenters. The van der Waals surface area contributed by atoms with E-state index in [0.29, 0.717) is 5.89 Å². The number of nitrogens with zero attached hydrogens (tertiary/aromatic N) is 1. The number of rotatable bonds is 4. The van der Waals surface area contributed by atoms with E-state index in [1.165, 1.54) is 18.4 Å². The largest absolute Gasteiger partial charge is 0.445 e. The molecule has 2 N–H and O–H groups in total. The van der Waals surface area contributed by atoms with Crippen LogP contribution in [0.2, 0.25) is 0 Å². The van der Waals surface area contributed by atoms with Gasteiger partial charge in [-0.1, -0.05) is 12.1 Å². The van der Waals surface area contributed by atoms with E-state index in [4.69, 9.17) is 10.2 Å². The second kappa shape index (κ2) is 4.00. The smallest absolute Gasteiger partial charge is 0.225 e. The standard InChI is InChI=1S/C14H16N2O/c15-14(6-7-14)5-4-11-2-1-3-12(10-11)13-16-8-9-17-13/h1-3,8-10H,4-7,15H2. The maximum atomic E-state index is 6.10. The van der Waals surface area contributed by atoms with Crippen LogP contribution < -0.4 is 5.73 Å². The molecule has 0 bridgehead atoms. The molecule has 1 aliphatic carbocycles. The number of oxazole rings is 1. The van der Waals surface area contributed by atoms with Crippen molar-refractivity contribution in [2.45, 2.75) is 31.2 Å². The molecule has 3 nitrogen and oxygen atoms in total. The minimum atomic E-state index is 0.124. The van der Waals surface area contributed by atoms with Crippen molar-refractivity contribution in [3.8, 4) is 11.5 Å². The van der Waals surface area contributed by atoms with Crippen LogP contribution >= 0.6 is 0 Å². The van der Waals surface area contributed by atoms with E-state index in [-0.39, 0.29) is 5.54 Å². The first-order valence-electron chi connectivity index (χ1n) is 6.03. The van der Waals surface area contributed by atoms with Gasteiger partial charge < -0.3 is 10.2 Å². The molecule has 1 fully saturated rings. The lowest BCUT2D eigenvalue weighted by atomic mass is 10.0. The molecule has 0 radical (unpaired) electrons. The van der Waals surface area contributed by atoms with Crippen molar-refractivity contribution in [2.75, 3.05) is 0 Å². The Morgan fingerprint density at radius 1 is 1.35 bits per heavy atom. The molecule has 3 heteroatoms. The highest BCUT2D eigenvalue weighted by Crippen LogP contribution is 2.36. The molecule has 0 unspecified atom stereocenters. The molecule has 1 aromatic heterocycles. The van der Waals surface area contributed by atoms with Gasteiger partial charge in [0.05, 0.1) is 6.20 Å². The number of benzene rings is 1. The van der Waals surface area contributed by atoms with Crippen LogP contribution in [-0.2, 0) is 6.42 Å². The van der Waals surface area contributed by atoms with E-state index in [2.05, 4.69) is 17.1 Å². The first-order chi connectivity index (χ1) is 8.25. The van der Waals surface area contributed by atoms with Gasteiger partial charge in [-0.05, 0) is 43.4 Å². The molecule has 1 heterocycles. The summed E-state index contributed by atoms with van der Waals surface area (Å²) >= 11 is 0. The molecule has 88 valence electrons. The highest BCUT2D eigenvalue weighted by Gasteiger charge is 2.37. The molecule has 1 aromatic carbocycles. The summed E-state index contributed by atoms with van der Waals surface area (Å²) in [4.78, 5) is 4.16. The van der Waals surface area contributed by atoms with E-state index >= 15 is 0 Å². The second-order valence-corrected chi connectivity index (χ2v) is 4.90. The summed E-state index contributed by atoms with van der Waals surface area (Å²) in [5.41, 5.74) is 8.56. The molecule has 0 spiro atoms. The maximum absolute atomic E-state index is 6.10. The van der Waals surface area contributed by atoms with Gasteiger partial charge in [-0.3, -0.25) is 0 Å². The second-order valence-electron chi connectivity index (χ2n) is 4.90. The predicted octanol–water partition coefficient (Wildman–Crippen LogP) is 2.77. The van der Waals surface area contributed by atoms with Crippen LogP contribution in [0, 0.1) is 0 Å². The van der Waals surface area contributed by atoms with Crippen LogP contribution in [0.1, 0.15) is 24.8 Å². The van der Waals surface area contributed by atoms with Crippen molar-refractivity contribution >= 4 is 0 Å². The number of aromatic nitrogens is 1. The Morgan fingerprint density at radius 3 is 2.94 bits per heavy atom. The Bertz CT molecular complexity index is 501. The summed E-state index contributed by atoms with van der Waals surface area (Å²) in [6, 6.07) is 8.34. The fourth-order valence-electron chi connectivity index (χ4n) is 2.03. The summed E-state index contributed by atoms with van der Waals surface area (Å²) in [7, 11) is 0. The summed E-state index contributed by atoms with van der Waals surface area (Å²) < 4.78 is 5.30. The molecule has 1 aliphatic rings. The van der Waals surface area contributed by atoms with Gasteiger partial charge in [-0.15, -0.1) is 0 Å². The normalized spacial score (nSPS) is 17.0. The van der Waals surface area contributed by atoms with E-state index in [0.717, 1.165) is 18.4 Å². The van der Waals surface area contributed by atoms with Crippen molar-refractivity contribution in [3.63, 3.8) is 0 Å². The molecule has 0 saturated heterocycles. The quantitative estimate of drug-likeness (QED) is 0.875. The number of hydrogen-bond donors (Lipinski definition) is 1. The minimum absolute atomic E-state index is 0.124. The van der Waals surface area contributed by atoms with Gasteiger partial charge in [0.2, 0.25) is 5.89 Å². The summed E-state index contributed by atoms with van der Waals surface area (Å²) in [5.74, 6) is 0.681. The topological polar surface area (TPSA) is 52.0 Å². The van der Waals surface area contributed by atoms with Crippen molar-refractivity contribution in [3.05, 3.63) is 42.3 Å². The molecule has 1 saturated carbocycles. The monoisotopic (exact) mass is 228 g/mol. The Morgan fingerprint density at radius 2 is 2.24 bits per heavy atom. The third kappa shape index (κ3) is 2.39. The van der Waals surface area contributed by atoms with Crippen LogP contribution in [-0.4, -0.2) is 10.5 Å². The third-order valence-corrected chi connectivity index (χ3v) is 3.41. The van der Waals surface area contributed by atoms with Gasteiger partial charge in [-0.25, -0.2) is 4.98 Å². The van der Waals surface area contributed by atoms with Gasteiger partial charge in [0, 0.05) is 11.1 Å². The highest BCUT2D eigenvalue weighted by atomic mass is 16.3. The van der Waals surface area contributed by atoms with E-state index in [9.17, 15) is 0 Å². The molecule has 0 amide bonds. The lowest BCUT2D eigenvalue weighted by Crippen LogP contribution is -2.22. The average molecular weight is 228 g/mol. The average Bonchev–Trinajstić information content (AvgIpc) is 2.88. The van der Waals surface area contributed by atoms with Gasteiger partial charge >= 0.3 is 0 Å². The van der Waals surface area contributed by atoms with Crippen LogP contribution in [0.5, 0.6) is 0 Å². The van der Waals surface area contributed by atoms with Crippen molar-refractivity contribution in [2.24, 2.45) is 5.73 Å². The molecule has 0 aliphatic heterocycles. The molecule has 2 aromatic rings. The first-order valence-corrected chi connectivity index (χ1v) is 6.03. The third-order valence-electron chi connectivity index (χ3n) is 3.41. The summed E-state index contributed by atoms with van der Waals surface area (Å²) in [6.45, 7) is 0. The number of aryl methyl sites for hydroxylation is 1. The van der Waals surface area contributed by atoms with Crippen molar-refractivity contribution < 1.29 is 4.42 Å². The zero-order valence-electron chi connectivity index (χ0n) is 9.73. The summed E-state index contributed by atoms with van der Waals surface area (Å²) in [5, 5.41) is 0. The Hall–Kier alpha value is -1.61. The lowest BCUT2D eigenvalue weighted by molar-refractivity contribution is 0.574. The van der Waals surface area contributed by atoms with Gasteiger partial charge in [0.1, 0.15) is 6.26 Å². The van der Waals surface area contributed by atoms with Crippen LogP contribution in [0.4, 0.5) is 0 Å². The van der Waals surface area contributed by atoms with Gasteiger partial charge in [0.15, 0.2) is 0 Å². The number of hydrogen-bond acceptors (Lipinski definition) is 3. The Balaban J connectivity index is 1.75. The molecular formula is C14H16N2O. The zero-order chi connectivity index (χ0) is 11.7. The van der Waals surface area contributed by atoms with Crippen LogP contribution in [0.25, 0.3) is 11.5 Å². The lowest BCUT2D eigenvalue weighted by Gasteiger charge is -2.08. The molecular weight excluding hydrogens is 212 g/mol. The van der Waals surface area contributed by atoms with Gasteiger partial charge in [0.25, 0.3) is 0 Å². The SMILES string of the molecule is NC1(CCc2cccc(-c3ncco3)c2)CC1. The Kier molecular flexibility index (Phi) is 2.48. The molecule has 3 rings (SSSR count). The number of nitrogens with two attached hydrogens (primary N) is 1. The Labute approximate surface area is 101 Å². The van der Waals surface area contributed by atoms with Crippen molar-refractivity contribution in [1.82, 2.24) is 4.98 Å². The van der Waals surface area contributed by atoms with E-state index < -0.39 is 0 Å². The zero-order valence-corrected chi connectivity index (χ0v) is 9.73. The van der Waals surface area contributed by atoms with E-state index in [1.807, 2.05) is 12.1 Å². The first kappa shape index (κ1) is 10.5. The van der Waals surface area contributed by atoms with Crippen molar-refractivity contribution in [1.29, 1.82) is 0 Å².